The summed E-state index contributed by atoms with van der Waals surface area (Å²) in [7, 11) is 3.48. The Balaban J connectivity index is 2.22. The van der Waals surface area contributed by atoms with Crippen LogP contribution in [0.3, 0.4) is 0 Å². The Labute approximate surface area is 138 Å². The molecule has 1 amide bonds. The lowest BCUT2D eigenvalue weighted by Gasteiger charge is -2.23. The largest absolute Gasteiger partial charge is 0.459 e. The molecule has 5 heteroatoms. The van der Waals surface area contributed by atoms with Gasteiger partial charge in [0.25, 0.3) is 0 Å². The smallest absolute Gasteiger partial charge is 0.323 e. The molecule has 0 radical (unpaired) electrons. The lowest BCUT2D eigenvalue weighted by Crippen LogP contribution is -2.38. The molecule has 3 unspecified atom stereocenters. The van der Waals surface area contributed by atoms with Crippen LogP contribution in [0.4, 0.5) is 0 Å². The number of rotatable bonds is 3. The van der Waals surface area contributed by atoms with Crippen LogP contribution in [-0.4, -0.2) is 42.5 Å². The normalized spacial score (nSPS) is 24.3. The highest BCUT2D eigenvalue weighted by Gasteiger charge is 2.43. The summed E-state index contributed by atoms with van der Waals surface area (Å²) in [6.07, 6.45) is 0.450. The fraction of sp³-hybridized carbons (Fsp3) is 0.556. The number of nitrogens with zero attached hydrogens (tertiary/aromatic N) is 1. The van der Waals surface area contributed by atoms with Gasteiger partial charge < -0.3 is 9.64 Å². The molecule has 1 aliphatic rings. The van der Waals surface area contributed by atoms with E-state index in [0.29, 0.717) is 6.42 Å². The first-order chi connectivity index (χ1) is 10.7. The molecular weight excluding hydrogens is 292 g/mol. The van der Waals surface area contributed by atoms with Gasteiger partial charge in [0.05, 0.1) is 5.92 Å². The molecule has 23 heavy (non-hydrogen) atoms. The van der Waals surface area contributed by atoms with Crippen LogP contribution in [0.5, 0.6) is 0 Å². The first-order valence-corrected chi connectivity index (χ1v) is 7.94. The number of nitrogens with one attached hydrogen (secondary N) is 1. The second kappa shape index (κ2) is 6.71. The van der Waals surface area contributed by atoms with Gasteiger partial charge in [-0.25, -0.2) is 0 Å². The Morgan fingerprint density at radius 1 is 1.17 bits per heavy atom. The van der Waals surface area contributed by atoms with E-state index in [4.69, 9.17) is 4.74 Å². The van der Waals surface area contributed by atoms with Gasteiger partial charge in [-0.2, -0.15) is 0 Å². The second-order valence-corrected chi connectivity index (χ2v) is 7.22. The highest BCUT2D eigenvalue weighted by atomic mass is 16.6. The van der Waals surface area contributed by atoms with Crippen molar-refractivity contribution in [3.05, 3.63) is 35.9 Å². The summed E-state index contributed by atoms with van der Waals surface area (Å²) in [6, 6.07) is 9.13. The Morgan fingerprint density at radius 3 is 2.30 bits per heavy atom. The highest BCUT2D eigenvalue weighted by molar-refractivity contribution is 5.83. The molecule has 2 rings (SSSR count). The lowest BCUT2D eigenvalue weighted by molar-refractivity contribution is -0.157. The van der Waals surface area contributed by atoms with Gasteiger partial charge >= 0.3 is 5.97 Å². The molecule has 1 aliphatic heterocycles. The van der Waals surface area contributed by atoms with Crippen LogP contribution in [0.1, 0.15) is 38.8 Å². The van der Waals surface area contributed by atoms with Crippen LogP contribution < -0.4 is 5.32 Å². The molecule has 0 spiro atoms. The first kappa shape index (κ1) is 17.5. The molecule has 0 saturated carbocycles. The van der Waals surface area contributed by atoms with Crippen molar-refractivity contribution in [2.24, 2.45) is 5.92 Å². The van der Waals surface area contributed by atoms with Gasteiger partial charge in [0.1, 0.15) is 11.6 Å². The van der Waals surface area contributed by atoms with Gasteiger partial charge in [-0.1, -0.05) is 30.3 Å². The monoisotopic (exact) mass is 318 g/mol. The molecule has 1 N–H and O–H groups in total. The first-order valence-electron chi connectivity index (χ1n) is 7.94. The Hall–Kier alpha value is -1.88. The van der Waals surface area contributed by atoms with E-state index in [1.54, 1.807) is 19.0 Å². The van der Waals surface area contributed by atoms with E-state index in [9.17, 15) is 9.59 Å². The molecule has 5 nitrogen and oxygen atoms in total. The zero-order valence-corrected chi connectivity index (χ0v) is 14.5. The minimum Gasteiger partial charge on any atom is -0.459 e. The van der Waals surface area contributed by atoms with Gasteiger partial charge in [0, 0.05) is 20.1 Å². The van der Waals surface area contributed by atoms with Crippen LogP contribution in [0.2, 0.25) is 0 Å². The predicted octanol–water partition coefficient (Wildman–Crippen LogP) is 2.14. The molecule has 1 heterocycles. The Kier molecular flexibility index (Phi) is 5.09. The number of ether oxygens (including phenoxy) is 1. The average molecular weight is 318 g/mol. The van der Waals surface area contributed by atoms with Crippen molar-refractivity contribution < 1.29 is 14.3 Å². The number of esters is 1. The maximum atomic E-state index is 12.5. The van der Waals surface area contributed by atoms with Crippen molar-refractivity contribution in [1.29, 1.82) is 0 Å². The third kappa shape index (κ3) is 4.32. The summed E-state index contributed by atoms with van der Waals surface area (Å²) >= 11 is 0. The Bertz CT molecular complexity index is 563. The molecule has 0 aliphatic carbocycles. The summed E-state index contributed by atoms with van der Waals surface area (Å²) < 4.78 is 5.47. The van der Waals surface area contributed by atoms with Crippen molar-refractivity contribution in [1.82, 2.24) is 10.2 Å². The number of carbonyl (C=O) groups excluding carboxylic acids is 2. The zero-order valence-electron chi connectivity index (χ0n) is 14.5. The second-order valence-electron chi connectivity index (χ2n) is 7.22. The standard InChI is InChI=1S/C18H26N2O3/c1-18(2,3)23-17(22)14-11-13(16(21)20(4)5)15(19-14)12-9-7-6-8-10-12/h6-10,13-15,19H,11H2,1-5H3. The summed E-state index contributed by atoms with van der Waals surface area (Å²) in [4.78, 5) is 26.5. The topological polar surface area (TPSA) is 58.6 Å². The lowest BCUT2D eigenvalue weighted by atomic mass is 9.92. The SMILES string of the molecule is CN(C)C(=O)C1CC(C(=O)OC(C)(C)C)NC1c1ccccc1. The van der Waals surface area contributed by atoms with Crippen LogP contribution >= 0.6 is 0 Å². The number of hydrogen-bond donors (Lipinski definition) is 1. The zero-order chi connectivity index (χ0) is 17.2. The molecule has 3 atom stereocenters. The number of benzene rings is 1. The van der Waals surface area contributed by atoms with E-state index in [1.807, 2.05) is 51.1 Å². The number of carbonyl (C=O) groups is 2. The molecule has 1 fully saturated rings. The summed E-state index contributed by atoms with van der Waals surface area (Å²) in [5.41, 5.74) is 0.476. The minimum absolute atomic E-state index is 0.0254. The minimum atomic E-state index is -0.537. The fourth-order valence-electron chi connectivity index (χ4n) is 2.89. The van der Waals surface area contributed by atoms with Crippen molar-refractivity contribution in [3.8, 4) is 0 Å². The van der Waals surface area contributed by atoms with Crippen molar-refractivity contribution in [2.75, 3.05) is 14.1 Å². The quantitative estimate of drug-likeness (QED) is 0.868. The van der Waals surface area contributed by atoms with Crippen LogP contribution in [0.25, 0.3) is 0 Å². The molecule has 0 bridgehead atoms. The average Bonchev–Trinajstić information content (AvgIpc) is 2.90. The molecule has 1 saturated heterocycles. The van der Waals surface area contributed by atoms with Crippen LogP contribution in [-0.2, 0) is 14.3 Å². The summed E-state index contributed by atoms with van der Waals surface area (Å²) in [5.74, 6) is -0.546. The van der Waals surface area contributed by atoms with Crippen molar-refractivity contribution >= 4 is 11.9 Å². The van der Waals surface area contributed by atoms with E-state index in [-0.39, 0.29) is 23.8 Å². The van der Waals surface area contributed by atoms with Gasteiger partial charge in [-0.15, -0.1) is 0 Å². The summed E-state index contributed by atoms with van der Waals surface area (Å²) in [5, 5.41) is 3.29. The van der Waals surface area contributed by atoms with Crippen LogP contribution in [0, 0.1) is 5.92 Å². The molecular formula is C18H26N2O3. The third-order valence-corrected chi connectivity index (χ3v) is 3.88. The van der Waals surface area contributed by atoms with E-state index in [1.165, 1.54) is 0 Å². The van der Waals surface area contributed by atoms with Crippen molar-refractivity contribution in [3.63, 3.8) is 0 Å². The molecule has 1 aromatic carbocycles. The predicted molar refractivity (Wildman–Crippen MR) is 88.8 cm³/mol. The molecule has 1 aromatic rings. The van der Waals surface area contributed by atoms with Gasteiger partial charge in [-0.05, 0) is 32.8 Å². The van der Waals surface area contributed by atoms with Crippen LogP contribution in [0.15, 0.2) is 30.3 Å². The van der Waals surface area contributed by atoms with Gasteiger partial charge in [-0.3, -0.25) is 14.9 Å². The summed E-state index contributed by atoms with van der Waals surface area (Å²) in [6.45, 7) is 5.53. The number of amides is 1. The fourth-order valence-corrected chi connectivity index (χ4v) is 2.89. The molecule has 126 valence electrons. The van der Waals surface area contributed by atoms with Gasteiger partial charge in [0.2, 0.25) is 5.91 Å². The van der Waals surface area contributed by atoms with E-state index >= 15 is 0 Å². The highest BCUT2D eigenvalue weighted by Crippen LogP contribution is 2.34. The van der Waals surface area contributed by atoms with E-state index < -0.39 is 11.6 Å². The van der Waals surface area contributed by atoms with E-state index in [0.717, 1.165) is 5.56 Å². The molecule has 0 aromatic heterocycles. The van der Waals surface area contributed by atoms with Gasteiger partial charge in [0.15, 0.2) is 0 Å². The third-order valence-electron chi connectivity index (χ3n) is 3.88. The number of hydrogen-bond acceptors (Lipinski definition) is 4. The van der Waals surface area contributed by atoms with Crippen molar-refractivity contribution in [2.45, 2.75) is 44.9 Å². The maximum absolute atomic E-state index is 12.5. The Morgan fingerprint density at radius 2 is 1.78 bits per heavy atom. The maximum Gasteiger partial charge on any atom is 0.323 e. The van der Waals surface area contributed by atoms with E-state index in [2.05, 4.69) is 5.32 Å².